The third-order valence-electron chi connectivity index (χ3n) is 24.0. The second kappa shape index (κ2) is 46.6. The largest absolute Gasteiger partial charge is 0.477 e. The molecular weight excluding hydrogens is 1820 g/mol. The number of hydrogen-bond acceptors (Lipinski definition) is 55. The Morgan fingerprint density at radius 3 is 1.08 bits per heavy atom. The van der Waals surface area contributed by atoms with Crippen molar-refractivity contribution in [2.75, 3.05) is 66.1 Å². The highest BCUT2D eigenvalue weighted by molar-refractivity contribution is 5.77. The number of aliphatic carboxylic acids is 2. The number of aliphatic hydroxyl groups is 31. The van der Waals surface area contributed by atoms with E-state index in [2.05, 4.69) is 16.0 Å². The Balaban J connectivity index is 0.975. The SMILES string of the molecule is CC(=O)N[C@H]1[C@H](O[C@H]2[C@@H](O)[C@@H](CO)O[C@@H](O[C@H]3[C@H](O)[C@@H](O)[C@H](O[C@H]4[C@H](O[C@H]5O[C@H]([C@@H](O)CO)[C@@H](O)[C@H](O)[C@@H]5O[C@H]5O[C@H](CO)[C@@H](O)[C@H](O)[C@H]5NC(C)=O)[C@H](O)[C@@H](O[C@H]5[C@@H]([C@H](O)CO)O[C@@](O)(C(=O)O)C[C@H]5O[C@]5(C(=O)O)C[C@@H](O)[C@@H](O)[C@@H]([C@H](O)CO)O5)O[C@@H]4[C@@H](O)CO)O[C@@H]3CO)[C@@H]2O)O[C@H](CO)[C@@H](O[C@@H]2O[C@H](CO)[C@H](O)[C@H](O[C@@H]3O[C@H](CO)[C@H](O)[C@H](O)[C@H]3NC(C)=O)[C@H]2O)[C@@H]1O. The van der Waals surface area contributed by atoms with E-state index in [9.17, 15) is 192 Å². The Hall–Kier alpha value is -4.65. The first-order valence-corrected chi connectivity index (χ1v) is 41.4. The lowest BCUT2D eigenvalue weighted by Crippen LogP contribution is -2.71. The summed E-state index contributed by atoms with van der Waals surface area (Å²) < 4.78 is 112. The van der Waals surface area contributed by atoms with Crippen LogP contribution in [0.15, 0.2) is 0 Å². The molecule has 10 aliphatic rings. The van der Waals surface area contributed by atoms with Crippen LogP contribution in [0, 0.1) is 0 Å². The quantitative estimate of drug-likeness (QED) is 0.0275. The van der Waals surface area contributed by atoms with E-state index in [1.54, 1.807) is 0 Å². The van der Waals surface area contributed by atoms with Crippen molar-refractivity contribution in [3.05, 3.63) is 0 Å². The van der Waals surface area contributed by atoms with Gasteiger partial charge in [0.1, 0.15) is 244 Å². The summed E-state index contributed by atoms with van der Waals surface area (Å²) in [7, 11) is 0. The molecule has 10 saturated heterocycles. The van der Waals surface area contributed by atoms with Gasteiger partial charge in [-0.25, -0.2) is 9.59 Å². The molecule has 132 heavy (non-hydrogen) atoms. The fourth-order valence-corrected chi connectivity index (χ4v) is 17.0. The van der Waals surface area contributed by atoms with Gasteiger partial charge in [-0.15, -0.1) is 0 Å². The standard InChI is InChI=1S/C72H119N3O57/c1-16(86)73-31-39(99)35(95)25(10-80)114-61(31)125-56-37(97)27(12-82)116-65(46(56)106)122-53-29(14-84)118-63(33(41(53)101)75-18(3)88)126-57-38(98)28(13-83)117-66(47(57)107)123-54-30(15-85)119-64(45(105)44(54)104)129-60-51(22(92)8-78)121-67(124-55-24(5-71(113,69(109)110)131-52(55)23(93)9-79)130-72(70(111)112)4-19(89)34(94)50(132-72)21(91)7-77)48(108)58(60)127-68-59(43(103)42(102)49(120-68)20(90)6-76)128-62-32(74-17(2)87)40(100)36(96)26(11-81)115-62/h19-68,76-85,89-108,113H,4-15H2,1-3H3,(H,73,86)(H,74,87)(H,75,88)(H,109,110)(H,111,112)/t19-,20+,21-,22+,23-,24-,25-,26-,27-,28-,29-,30-,31-,32-,33-,34-,35+,36-,37+,38+,39-,40-,41-,42+,43+,44-,45-,46-,47-,48+,49-,50-,51-,52-,53-,54-,55-,56+,57+,58-,59+,60-,61+,62-,63+,64+,65+,66+,67-,68-,71-,72-/m1/s1. The highest BCUT2D eigenvalue weighted by atomic mass is 16.8. The van der Waals surface area contributed by atoms with E-state index in [1.807, 2.05) is 0 Å². The van der Waals surface area contributed by atoms with Crippen LogP contribution >= 0.6 is 0 Å². The predicted molar refractivity (Wildman–Crippen MR) is 399 cm³/mol. The molecule has 10 rings (SSSR count). The topological polar surface area (TPSA) is 964 Å². The van der Waals surface area contributed by atoms with Crippen molar-refractivity contribution >= 4 is 29.7 Å². The maximum atomic E-state index is 13.5. The van der Waals surface area contributed by atoms with Crippen LogP contribution in [0.5, 0.6) is 0 Å². The van der Waals surface area contributed by atoms with E-state index in [0.717, 1.165) is 20.8 Å². The minimum absolute atomic E-state index is 0.824. The molecule has 10 heterocycles. The van der Waals surface area contributed by atoms with Crippen molar-refractivity contribution in [1.29, 1.82) is 0 Å². The maximum absolute atomic E-state index is 13.5. The zero-order chi connectivity index (χ0) is 97.8. The lowest BCUT2D eigenvalue weighted by Gasteiger charge is -2.53. The Labute approximate surface area is 743 Å². The number of rotatable bonds is 37. The molecule has 0 unspecified atom stereocenters. The van der Waals surface area contributed by atoms with Gasteiger partial charge in [-0.2, -0.15) is 0 Å². The molecule has 60 heteroatoms. The van der Waals surface area contributed by atoms with Crippen LogP contribution in [-0.4, -0.2) is 582 Å². The second-order valence-electron chi connectivity index (χ2n) is 33.1. The molecule has 0 aromatic carbocycles. The molecule has 36 N–H and O–H groups in total. The third kappa shape index (κ3) is 23.3. The summed E-state index contributed by atoms with van der Waals surface area (Å²) in [6.45, 7) is -10.2. The number of aliphatic hydroxyl groups excluding tert-OH is 30. The van der Waals surface area contributed by atoms with E-state index in [4.69, 9.17) is 90.0 Å². The molecule has 0 bridgehead atoms. The average molecular weight is 1940 g/mol. The molecule has 0 aromatic heterocycles. The summed E-state index contributed by atoms with van der Waals surface area (Å²) in [4.78, 5) is 64.4. The lowest BCUT2D eigenvalue weighted by molar-refractivity contribution is -0.420. The van der Waals surface area contributed by atoms with Crippen LogP contribution in [0.1, 0.15) is 33.6 Å². The van der Waals surface area contributed by atoms with Gasteiger partial charge in [0.15, 0.2) is 50.3 Å². The Morgan fingerprint density at radius 2 is 0.636 bits per heavy atom. The molecule has 0 radical (unpaired) electrons. The molecular formula is C72H119N3O57. The molecule has 0 spiro atoms. The summed E-state index contributed by atoms with van der Waals surface area (Å²) >= 11 is 0. The van der Waals surface area contributed by atoms with Crippen LogP contribution in [0.25, 0.3) is 0 Å². The second-order valence-corrected chi connectivity index (χ2v) is 33.1. The van der Waals surface area contributed by atoms with Gasteiger partial charge in [0.05, 0.1) is 78.3 Å². The number of nitrogens with one attached hydrogen (secondary N) is 3. The first-order chi connectivity index (χ1) is 62.2. The number of carboxylic acid groups (broad SMARTS) is 2. The molecule has 3 amide bonds. The zero-order valence-corrected chi connectivity index (χ0v) is 69.9. The van der Waals surface area contributed by atoms with Crippen LogP contribution in [0.2, 0.25) is 0 Å². The monoisotopic (exact) mass is 1940 g/mol. The lowest BCUT2D eigenvalue weighted by atomic mass is 9.89. The van der Waals surface area contributed by atoms with Crippen molar-refractivity contribution in [3.8, 4) is 0 Å². The minimum atomic E-state index is -3.72. The van der Waals surface area contributed by atoms with Crippen LogP contribution < -0.4 is 16.0 Å². The zero-order valence-electron chi connectivity index (χ0n) is 69.9. The van der Waals surface area contributed by atoms with E-state index >= 15 is 0 Å². The first kappa shape index (κ1) is 109. The minimum Gasteiger partial charge on any atom is -0.477 e. The number of carbonyl (C=O) groups excluding carboxylic acids is 3. The van der Waals surface area contributed by atoms with Gasteiger partial charge in [0, 0.05) is 33.6 Å². The van der Waals surface area contributed by atoms with E-state index in [0.29, 0.717) is 0 Å². The number of hydrogen-bond donors (Lipinski definition) is 36. The Kier molecular flexibility index (Phi) is 38.6. The van der Waals surface area contributed by atoms with Crippen molar-refractivity contribution < 1.29 is 282 Å². The van der Waals surface area contributed by atoms with Crippen LogP contribution in [0.3, 0.4) is 0 Å². The molecule has 0 aliphatic carbocycles. The van der Waals surface area contributed by atoms with Crippen molar-refractivity contribution in [1.82, 2.24) is 16.0 Å². The van der Waals surface area contributed by atoms with Gasteiger partial charge < -0.3 is 274 Å². The fraction of sp³-hybridized carbons (Fsp3) is 0.931. The molecule has 0 aromatic rings. The fourth-order valence-electron chi connectivity index (χ4n) is 17.0. The van der Waals surface area contributed by atoms with E-state index < -0.39 is 427 Å². The predicted octanol–water partition coefficient (Wildman–Crippen LogP) is -24.0. The van der Waals surface area contributed by atoms with E-state index in [-0.39, 0.29) is 0 Å². The smallest absolute Gasteiger partial charge is 0.364 e. The molecule has 60 nitrogen and oxygen atoms in total. The van der Waals surface area contributed by atoms with Gasteiger partial charge in [-0.1, -0.05) is 0 Å². The molecule has 10 aliphatic heterocycles. The summed E-state index contributed by atoms with van der Waals surface area (Å²) in [5.41, 5.74) is 0. The number of ether oxygens (including phenoxy) is 19. The first-order valence-electron chi connectivity index (χ1n) is 41.4. The normalized spacial score (nSPS) is 47.8. The van der Waals surface area contributed by atoms with Crippen LogP contribution in [-0.2, 0) is 114 Å². The van der Waals surface area contributed by atoms with Crippen LogP contribution in [0.4, 0.5) is 0 Å². The molecule has 52 atom stereocenters. The maximum Gasteiger partial charge on any atom is 0.364 e. The summed E-state index contributed by atoms with van der Waals surface area (Å²) in [6.07, 6.45) is -114. The van der Waals surface area contributed by atoms with Crippen molar-refractivity contribution in [2.24, 2.45) is 0 Å². The number of carboxylic acids is 2. The third-order valence-corrected chi connectivity index (χ3v) is 24.0. The van der Waals surface area contributed by atoms with Gasteiger partial charge in [0.2, 0.25) is 17.7 Å². The summed E-state index contributed by atoms with van der Waals surface area (Å²) in [5, 5.41) is 376. The highest BCUT2D eigenvalue weighted by Crippen LogP contribution is 2.45. The molecule has 10 fully saturated rings. The summed E-state index contributed by atoms with van der Waals surface area (Å²) in [5.74, 6) is -14.8. The number of amides is 3. The Bertz CT molecular complexity index is 3660. The average Bonchev–Trinajstić information content (AvgIpc) is 0.739. The van der Waals surface area contributed by atoms with Gasteiger partial charge in [-0.3, -0.25) is 14.4 Å². The number of carbonyl (C=O) groups is 5. The highest BCUT2D eigenvalue weighted by Gasteiger charge is 2.66. The van der Waals surface area contributed by atoms with Gasteiger partial charge in [-0.05, 0) is 0 Å². The van der Waals surface area contributed by atoms with E-state index in [1.165, 1.54) is 0 Å². The van der Waals surface area contributed by atoms with Crippen molar-refractivity contribution in [2.45, 2.75) is 352 Å². The molecule has 764 valence electrons. The van der Waals surface area contributed by atoms with Crippen molar-refractivity contribution in [3.63, 3.8) is 0 Å². The molecule has 0 saturated carbocycles. The van der Waals surface area contributed by atoms with Gasteiger partial charge >= 0.3 is 11.9 Å². The Morgan fingerprint density at radius 1 is 0.303 bits per heavy atom. The van der Waals surface area contributed by atoms with Gasteiger partial charge in [0.25, 0.3) is 11.6 Å². The summed E-state index contributed by atoms with van der Waals surface area (Å²) in [6, 6.07) is -5.69.